The van der Waals surface area contributed by atoms with Crippen molar-refractivity contribution in [2.75, 3.05) is 6.54 Å². The largest absolute Gasteiger partial charge is 0.481 e. The minimum absolute atomic E-state index is 0.0255. The summed E-state index contributed by atoms with van der Waals surface area (Å²) in [6.45, 7) is 0.407. The number of carbonyl (C=O) groups is 3. The molecule has 0 amide bonds. The summed E-state index contributed by atoms with van der Waals surface area (Å²) >= 11 is 1.78. The first-order chi connectivity index (χ1) is 9.38. The Morgan fingerprint density at radius 3 is 2.00 bits per heavy atom. The van der Waals surface area contributed by atoms with Gasteiger partial charge in [0.15, 0.2) is 0 Å². The number of carboxylic acid groups (broad SMARTS) is 3. The molecule has 0 fully saturated rings. The minimum Gasteiger partial charge on any atom is -0.481 e. The zero-order valence-corrected chi connectivity index (χ0v) is 13.0. The van der Waals surface area contributed by atoms with Gasteiger partial charge in [-0.2, -0.15) is 0 Å². The van der Waals surface area contributed by atoms with Crippen molar-refractivity contribution in [1.29, 1.82) is 0 Å². The standard InChI is InChI=1S/C11H19IN2O6/c12-14-8(11(19)20)3-1-2-6-13-7(10(17)18)4-5-9(15)16/h7-8,13-14H,1-6H2,(H,15,16)(H,17,18)(H,19,20)/t7-,8-/m0/s1. The van der Waals surface area contributed by atoms with E-state index >= 15 is 0 Å². The third kappa shape index (κ3) is 9.04. The van der Waals surface area contributed by atoms with Crippen LogP contribution in [0.3, 0.4) is 0 Å². The van der Waals surface area contributed by atoms with Crippen LogP contribution in [0.25, 0.3) is 0 Å². The van der Waals surface area contributed by atoms with Crippen molar-refractivity contribution in [2.24, 2.45) is 0 Å². The Bertz CT molecular complexity index is 339. The second kappa shape index (κ2) is 10.8. The number of nitrogens with one attached hydrogen (secondary N) is 2. The molecule has 0 aromatic heterocycles. The number of unbranched alkanes of at least 4 members (excludes halogenated alkanes) is 1. The number of hydrogen-bond donors (Lipinski definition) is 5. The van der Waals surface area contributed by atoms with Crippen LogP contribution < -0.4 is 8.85 Å². The molecule has 0 rings (SSSR count). The van der Waals surface area contributed by atoms with Crippen LogP contribution in [0.5, 0.6) is 0 Å². The lowest BCUT2D eigenvalue weighted by molar-refractivity contribution is -0.141. The van der Waals surface area contributed by atoms with Crippen LogP contribution in [0.4, 0.5) is 0 Å². The summed E-state index contributed by atoms with van der Waals surface area (Å²) < 4.78 is 2.64. The molecular formula is C11H19IN2O6. The van der Waals surface area contributed by atoms with Crippen molar-refractivity contribution in [2.45, 2.75) is 44.2 Å². The lowest BCUT2D eigenvalue weighted by Crippen LogP contribution is -2.37. The Hall–Kier alpha value is -0.940. The van der Waals surface area contributed by atoms with Crippen molar-refractivity contribution < 1.29 is 29.7 Å². The molecule has 0 saturated carbocycles. The smallest absolute Gasteiger partial charge is 0.321 e. The molecule has 0 bridgehead atoms. The summed E-state index contributed by atoms with van der Waals surface area (Å²) in [7, 11) is 0. The first kappa shape index (κ1) is 19.1. The highest BCUT2D eigenvalue weighted by Gasteiger charge is 2.18. The van der Waals surface area contributed by atoms with E-state index in [-0.39, 0.29) is 12.8 Å². The highest BCUT2D eigenvalue weighted by molar-refractivity contribution is 14.1. The molecule has 0 unspecified atom stereocenters. The molecule has 0 saturated heterocycles. The van der Waals surface area contributed by atoms with E-state index in [0.29, 0.717) is 25.8 Å². The molecule has 2 atom stereocenters. The van der Waals surface area contributed by atoms with Gasteiger partial charge in [0.2, 0.25) is 0 Å². The van der Waals surface area contributed by atoms with Gasteiger partial charge in [-0.25, -0.2) is 3.53 Å². The van der Waals surface area contributed by atoms with E-state index in [9.17, 15) is 14.4 Å². The van der Waals surface area contributed by atoms with Crippen molar-refractivity contribution >= 4 is 40.8 Å². The summed E-state index contributed by atoms with van der Waals surface area (Å²) in [6, 6.07) is -1.50. The average Bonchev–Trinajstić information content (AvgIpc) is 2.35. The molecular weight excluding hydrogens is 383 g/mol. The van der Waals surface area contributed by atoms with Crippen molar-refractivity contribution in [3.8, 4) is 0 Å². The van der Waals surface area contributed by atoms with E-state index in [2.05, 4.69) is 8.85 Å². The molecule has 0 spiro atoms. The summed E-state index contributed by atoms with van der Waals surface area (Å²) in [5.74, 6) is -3.03. The maximum Gasteiger partial charge on any atom is 0.321 e. The molecule has 0 aliphatic heterocycles. The molecule has 0 aliphatic carbocycles. The zero-order chi connectivity index (χ0) is 15.5. The van der Waals surface area contributed by atoms with Crippen LogP contribution in [-0.2, 0) is 14.4 Å². The Balaban J connectivity index is 3.86. The number of carboxylic acids is 3. The maximum absolute atomic E-state index is 10.9. The van der Waals surface area contributed by atoms with E-state index < -0.39 is 30.0 Å². The Labute approximate surface area is 130 Å². The van der Waals surface area contributed by atoms with Gasteiger partial charge in [0.1, 0.15) is 12.1 Å². The summed E-state index contributed by atoms with van der Waals surface area (Å²) in [4.78, 5) is 32.0. The van der Waals surface area contributed by atoms with Crippen LogP contribution in [0, 0.1) is 0 Å². The van der Waals surface area contributed by atoms with E-state index in [1.165, 1.54) is 0 Å². The normalized spacial score (nSPS) is 13.7. The molecule has 116 valence electrons. The van der Waals surface area contributed by atoms with E-state index in [1.807, 2.05) is 0 Å². The Morgan fingerprint density at radius 2 is 1.55 bits per heavy atom. The van der Waals surface area contributed by atoms with Crippen LogP contribution in [0.2, 0.25) is 0 Å². The maximum atomic E-state index is 10.9. The highest BCUT2D eigenvalue weighted by Crippen LogP contribution is 2.04. The van der Waals surface area contributed by atoms with Gasteiger partial charge in [0, 0.05) is 29.3 Å². The minimum atomic E-state index is -1.08. The fourth-order valence-corrected chi connectivity index (χ4v) is 2.13. The third-order valence-electron chi connectivity index (χ3n) is 2.69. The van der Waals surface area contributed by atoms with E-state index in [1.54, 1.807) is 22.9 Å². The lowest BCUT2D eigenvalue weighted by Gasteiger charge is -2.14. The topological polar surface area (TPSA) is 136 Å². The monoisotopic (exact) mass is 402 g/mol. The zero-order valence-electron chi connectivity index (χ0n) is 10.8. The molecule has 20 heavy (non-hydrogen) atoms. The quantitative estimate of drug-likeness (QED) is 0.181. The van der Waals surface area contributed by atoms with Gasteiger partial charge in [-0.1, -0.05) is 6.42 Å². The highest BCUT2D eigenvalue weighted by atomic mass is 127. The first-order valence-corrected chi connectivity index (χ1v) is 7.23. The molecule has 9 heteroatoms. The summed E-state index contributed by atoms with van der Waals surface area (Å²) in [5.41, 5.74) is 0. The SMILES string of the molecule is O=C(O)CC[C@H](NCCCC[C@H](NI)C(=O)O)C(=O)O. The predicted molar refractivity (Wildman–Crippen MR) is 78.7 cm³/mol. The number of hydrogen-bond acceptors (Lipinski definition) is 5. The van der Waals surface area contributed by atoms with Gasteiger partial charge in [0.05, 0.1) is 0 Å². The van der Waals surface area contributed by atoms with E-state index in [4.69, 9.17) is 15.3 Å². The summed E-state index contributed by atoms with van der Waals surface area (Å²) in [6.07, 6.45) is 1.53. The fourth-order valence-electron chi connectivity index (χ4n) is 1.56. The first-order valence-electron chi connectivity index (χ1n) is 6.15. The van der Waals surface area contributed by atoms with Crippen LogP contribution in [0.15, 0.2) is 0 Å². The predicted octanol–water partition coefficient (Wildman–Crippen LogP) is 0.457. The molecule has 8 nitrogen and oxygen atoms in total. The fraction of sp³-hybridized carbons (Fsp3) is 0.727. The van der Waals surface area contributed by atoms with Gasteiger partial charge in [-0.05, 0) is 25.8 Å². The van der Waals surface area contributed by atoms with Gasteiger partial charge in [-0.15, -0.1) is 0 Å². The molecule has 0 aromatic carbocycles. The van der Waals surface area contributed by atoms with Gasteiger partial charge >= 0.3 is 17.9 Å². The second-order valence-electron chi connectivity index (χ2n) is 4.27. The molecule has 0 radical (unpaired) electrons. The second-order valence-corrected chi connectivity index (χ2v) is 4.90. The summed E-state index contributed by atoms with van der Waals surface area (Å²) in [5, 5.41) is 29.0. The Morgan fingerprint density at radius 1 is 0.950 bits per heavy atom. The van der Waals surface area contributed by atoms with Crippen molar-refractivity contribution in [3.63, 3.8) is 0 Å². The number of aliphatic carboxylic acids is 3. The lowest BCUT2D eigenvalue weighted by atomic mass is 10.1. The van der Waals surface area contributed by atoms with Crippen molar-refractivity contribution in [1.82, 2.24) is 8.85 Å². The van der Waals surface area contributed by atoms with Crippen LogP contribution >= 0.6 is 22.9 Å². The van der Waals surface area contributed by atoms with Crippen LogP contribution in [0.1, 0.15) is 32.1 Å². The molecule has 0 aliphatic rings. The average molecular weight is 402 g/mol. The third-order valence-corrected chi connectivity index (χ3v) is 3.44. The number of rotatable bonds is 12. The van der Waals surface area contributed by atoms with Gasteiger partial charge < -0.3 is 20.6 Å². The number of halogens is 1. The van der Waals surface area contributed by atoms with Gasteiger partial charge in [0.25, 0.3) is 0 Å². The van der Waals surface area contributed by atoms with E-state index in [0.717, 1.165) is 0 Å². The van der Waals surface area contributed by atoms with Crippen LogP contribution in [-0.4, -0.2) is 51.9 Å². The van der Waals surface area contributed by atoms with Gasteiger partial charge in [-0.3, -0.25) is 14.4 Å². The van der Waals surface area contributed by atoms with Crippen molar-refractivity contribution in [3.05, 3.63) is 0 Å². The molecule has 5 N–H and O–H groups in total. The molecule has 0 aromatic rings. The molecule has 0 heterocycles. The Kier molecular flexibility index (Phi) is 10.3.